The van der Waals surface area contributed by atoms with Gasteiger partial charge in [-0.2, -0.15) is 0 Å². The molecule has 0 atom stereocenters. The van der Waals surface area contributed by atoms with E-state index in [0.29, 0.717) is 11.6 Å². The van der Waals surface area contributed by atoms with Gasteiger partial charge in [0.25, 0.3) is 0 Å². The number of ether oxygens (including phenoxy) is 3. The van der Waals surface area contributed by atoms with Crippen molar-refractivity contribution in [3.63, 3.8) is 0 Å². The van der Waals surface area contributed by atoms with Crippen LogP contribution in [0.1, 0.15) is 0 Å². The van der Waals surface area contributed by atoms with Gasteiger partial charge < -0.3 is 14.2 Å². The molecular weight excluding hydrogens is 285 g/mol. The standard InChI is InChI=1S/C8H10INO3/c1-11-5-13-7-4-10-8(12-2)3-6(7)9/h3-4H,5H2,1-2H3. The molecule has 0 aromatic carbocycles. The minimum atomic E-state index is 0.226. The molecule has 1 aromatic rings. The number of hydrogen-bond acceptors (Lipinski definition) is 4. The van der Waals surface area contributed by atoms with Crippen LogP contribution in [0.25, 0.3) is 0 Å². The summed E-state index contributed by atoms with van der Waals surface area (Å²) >= 11 is 2.15. The number of halogens is 1. The quantitative estimate of drug-likeness (QED) is 0.626. The number of hydrogen-bond donors (Lipinski definition) is 0. The summed E-state index contributed by atoms with van der Waals surface area (Å²) in [5.41, 5.74) is 0. The topological polar surface area (TPSA) is 40.6 Å². The largest absolute Gasteiger partial charge is 0.481 e. The molecule has 5 heteroatoms. The van der Waals surface area contributed by atoms with Crippen molar-refractivity contribution >= 4 is 22.6 Å². The van der Waals surface area contributed by atoms with Crippen molar-refractivity contribution < 1.29 is 14.2 Å². The average molecular weight is 295 g/mol. The molecule has 0 unspecified atom stereocenters. The lowest BCUT2D eigenvalue weighted by molar-refractivity contribution is 0.0501. The number of pyridine rings is 1. The van der Waals surface area contributed by atoms with Crippen molar-refractivity contribution in [2.45, 2.75) is 0 Å². The Morgan fingerprint density at radius 1 is 1.46 bits per heavy atom. The van der Waals surface area contributed by atoms with E-state index in [4.69, 9.17) is 14.2 Å². The third-order valence-corrected chi connectivity index (χ3v) is 2.18. The second-order valence-electron chi connectivity index (χ2n) is 2.21. The Hall–Kier alpha value is -0.560. The van der Waals surface area contributed by atoms with E-state index >= 15 is 0 Å². The molecule has 72 valence electrons. The highest BCUT2D eigenvalue weighted by Gasteiger charge is 2.03. The van der Waals surface area contributed by atoms with Gasteiger partial charge in [-0.05, 0) is 22.6 Å². The first-order valence-corrected chi connectivity index (χ1v) is 4.67. The Labute approximate surface area is 90.3 Å². The van der Waals surface area contributed by atoms with Gasteiger partial charge in [0.1, 0.15) is 0 Å². The van der Waals surface area contributed by atoms with Gasteiger partial charge in [0.05, 0.1) is 16.9 Å². The second-order valence-corrected chi connectivity index (χ2v) is 3.37. The van der Waals surface area contributed by atoms with Crippen LogP contribution < -0.4 is 9.47 Å². The van der Waals surface area contributed by atoms with Crippen LogP contribution in [-0.2, 0) is 4.74 Å². The van der Waals surface area contributed by atoms with Gasteiger partial charge in [-0.1, -0.05) is 0 Å². The van der Waals surface area contributed by atoms with E-state index < -0.39 is 0 Å². The van der Waals surface area contributed by atoms with E-state index in [1.54, 1.807) is 26.5 Å². The fourth-order valence-corrected chi connectivity index (χ4v) is 1.30. The maximum Gasteiger partial charge on any atom is 0.214 e. The van der Waals surface area contributed by atoms with Crippen LogP contribution in [0.4, 0.5) is 0 Å². The first-order chi connectivity index (χ1) is 6.27. The van der Waals surface area contributed by atoms with Gasteiger partial charge in [0, 0.05) is 13.2 Å². The second kappa shape index (κ2) is 5.23. The summed E-state index contributed by atoms with van der Waals surface area (Å²) in [7, 11) is 3.15. The van der Waals surface area contributed by atoms with Crippen molar-refractivity contribution in [1.82, 2.24) is 4.98 Å². The fourth-order valence-electron chi connectivity index (χ4n) is 0.741. The maximum atomic E-state index is 5.24. The lowest BCUT2D eigenvalue weighted by atomic mass is 10.4. The summed E-state index contributed by atoms with van der Waals surface area (Å²) < 4.78 is 15.9. The molecule has 0 radical (unpaired) electrons. The fraction of sp³-hybridized carbons (Fsp3) is 0.375. The van der Waals surface area contributed by atoms with Crippen LogP contribution in [0.3, 0.4) is 0 Å². The van der Waals surface area contributed by atoms with Crippen LogP contribution in [-0.4, -0.2) is 26.0 Å². The minimum Gasteiger partial charge on any atom is -0.481 e. The molecule has 0 amide bonds. The molecule has 1 heterocycles. The molecule has 0 saturated carbocycles. The molecule has 13 heavy (non-hydrogen) atoms. The summed E-state index contributed by atoms with van der Waals surface area (Å²) in [5.74, 6) is 1.28. The molecule has 0 spiro atoms. The molecule has 4 nitrogen and oxygen atoms in total. The minimum absolute atomic E-state index is 0.226. The van der Waals surface area contributed by atoms with Crippen LogP contribution in [0.15, 0.2) is 12.3 Å². The Balaban J connectivity index is 2.73. The molecule has 0 aliphatic carbocycles. The summed E-state index contributed by atoms with van der Waals surface area (Å²) in [6.07, 6.45) is 1.61. The molecule has 0 bridgehead atoms. The lowest BCUT2D eigenvalue weighted by Crippen LogP contribution is -2.01. The highest BCUT2D eigenvalue weighted by atomic mass is 127. The zero-order chi connectivity index (χ0) is 9.68. The molecule has 1 aromatic heterocycles. The summed E-state index contributed by atoms with van der Waals surface area (Å²) in [6, 6.07) is 1.80. The van der Waals surface area contributed by atoms with Gasteiger partial charge in [0.2, 0.25) is 5.88 Å². The molecular formula is C8H10INO3. The number of methoxy groups -OCH3 is 2. The number of aromatic nitrogens is 1. The molecule has 0 N–H and O–H groups in total. The Kier molecular flexibility index (Phi) is 4.23. The van der Waals surface area contributed by atoms with Crippen LogP contribution >= 0.6 is 22.6 Å². The Morgan fingerprint density at radius 2 is 2.23 bits per heavy atom. The molecule has 0 fully saturated rings. The zero-order valence-electron chi connectivity index (χ0n) is 7.41. The zero-order valence-corrected chi connectivity index (χ0v) is 9.57. The van der Waals surface area contributed by atoms with Gasteiger partial charge in [-0.15, -0.1) is 0 Å². The lowest BCUT2D eigenvalue weighted by Gasteiger charge is -2.06. The first kappa shape index (κ1) is 10.5. The van der Waals surface area contributed by atoms with E-state index in [0.717, 1.165) is 3.57 Å². The first-order valence-electron chi connectivity index (χ1n) is 3.59. The highest BCUT2D eigenvalue weighted by molar-refractivity contribution is 14.1. The third kappa shape index (κ3) is 3.00. The SMILES string of the molecule is COCOc1cnc(OC)cc1I. The third-order valence-electron chi connectivity index (χ3n) is 1.34. The van der Waals surface area contributed by atoms with Crippen molar-refractivity contribution in [2.24, 2.45) is 0 Å². The van der Waals surface area contributed by atoms with Crippen LogP contribution in [0.2, 0.25) is 0 Å². The molecule has 0 aliphatic rings. The van der Waals surface area contributed by atoms with Crippen LogP contribution in [0, 0.1) is 3.57 Å². The van der Waals surface area contributed by atoms with Crippen molar-refractivity contribution in [2.75, 3.05) is 21.0 Å². The Morgan fingerprint density at radius 3 is 2.77 bits per heavy atom. The summed E-state index contributed by atoms with van der Waals surface area (Å²) in [5, 5.41) is 0. The van der Waals surface area contributed by atoms with Gasteiger partial charge in [-0.3, -0.25) is 0 Å². The van der Waals surface area contributed by atoms with E-state index in [-0.39, 0.29) is 6.79 Å². The average Bonchev–Trinajstić information content (AvgIpc) is 2.16. The van der Waals surface area contributed by atoms with E-state index in [1.165, 1.54) is 0 Å². The van der Waals surface area contributed by atoms with Crippen LogP contribution in [0.5, 0.6) is 11.6 Å². The van der Waals surface area contributed by atoms with E-state index in [1.807, 2.05) is 0 Å². The predicted octanol–water partition coefficient (Wildman–Crippen LogP) is 1.68. The Bertz CT molecular complexity index is 280. The van der Waals surface area contributed by atoms with Gasteiger partial charge in [-0.25, -0.2) is 4.98 Å². The highest BCUT2D eigenvalue weighted by Crippen LogP contribution is 2.22. The number of nitrogens with zero attached hydrogens (tertiary/aromatic N) is 1. The molecule has 0 aliphatic heterocycles. The van der Waals surface area contributed by atoms with Gasteiger partial charge in [0.15, 0.2) is 12.5 Å². The smallest absolute Gasteiger partial charge is 0.214 e. The number of rotatable bonds is 4. The maximum absolute atomic E-state index is 5.24. The molecule has 1 rings (SSSR count). The van der Waals surface area contributed by atoms with Crippen molar-refractivity contribution in [3.8, 4) is 11.6 Å². The van der Waals surface area contributed by atoms with Crippen molar-refractivity contribution in [1.29, 1.82) is 0 Å². The van der Waals surface area contributed by atoms with E-state index in [9.17, 15) is 0 Å². The predicted molar refractivity (Wildman–Crippen MR) is 56.0 cm³/mol. The summed E-state index contributed by atoms with van der Waals surface area (Å²) in [6.45, 7) is 0.226. The van der Waals surface area contributed by atoms with E-state index in [2.05, 4.69) is 27.6 Å². The van der Waals surface area contributed by atoms with Gasteiger partial charge >= 0.3 is 0 Å². The van der Waals surface area contributed by atoms with Crippen molar-refractivity contribution in [3.05, 3.63) is 15.8 Å². The summed E-state index contributed by atoms with van der Waals surface area (Å²) in [4.78, 5) is 4.00. The molecule has 0 saturated heterocycles. The normalized spacial score (nSPS) is 9.77. The monoisotopic (exact) mass is 295 g/mol.